The summed E-state index contributed by atoms with van der Waals surface area (Å²) in [6.45, 7) is 3.12. The molecule has 0 aromatic rings. The first-order valence-corrected chi connectivity index (χ1v) is 8.64. The highest BCUT2D eigenvalue weighted by atomic mass is 16.5. The minimum absolute atomic E-state index is 0.276. The molecule has 1 aliphatic heterocycles. The topological polar surface area (TPSA) is 30.5 Å². The van der Waals surface area contributed by atoms with Crippen LogP contribution in [0.15, 0.2) is 0 Å². The lowest BCUT2D eigenvalue weighted by atomic mass is 9.83. The Hall–Kier alpha value is -0.120. The lowest BCUT2D eigenvalue weighted by Gasteiger charge is -2.33. The van der Waals surface area contributed by atoms with Crippen molar-refractivity contribution in [2.75, 3.05) is 26.8 Å². The maximum absolute atomic E-state index is 6.42. The number of nitrogens with one attached hydrogen (secondary N) is 1. The number of ether oxygens (including phenoxy) is 2. The molecule has 0 aromatic carbocycles. The average Bonchev–Trinajstić information content (AvgIpc) is 3.14. The Labute approximate surface area is 123 Å². The Morgan fingerprint density at radius 2 is 1.90 bits per heavy atom. The van der Waals surface area contributed by atoms with Gasteiger partial charge in [0.05, 0.1) is 11.7 Å². The van der Waals surface area contributed by atoms with Gasteiger partial charge in [0.15, 0.2) is 0 Å². The van der Waals surface area contributed by atoms with Gasteiger partial charge in [-0.1, -0.05) is 19.3 Å². The maximum Gasteiger partial charge on any atom is 0.0708 e. The van der Waals surface area contributed by atoms with E-state index in [4.69, 9.17) is 9.47 Å². The summed E-state index contributed by atoms with van der Waals surface area (Å²) < 4.78 is 11.6. The van der Waals surface area contributed by atoms with Crippen LogP contribution in [0.1, 0.15) is 64.2 Å². The fraction of sp³-hybridized carbons (Fsp3) is 1.00. The summed E-state index contributed by atoms with van der Waals surface area (Å²) in [5.74, 6) is 0. The molecule has 0 radical (unpaired) electrons. The van der Waals surface area contributed by atoms with Gasteiger partial charge in [-0.2, -0.15) is 0 Å². The second kappa shape index (κ2) is 6.33. The number of methoxy groups -OCH3 is 1. The fourth-order valence-corrected chi connectivity index (χ4v) is 4.11. The number of rotatable bonds is 7. The van der Waals surface area contributed by atoms with Crippen molar-refractivity contribution >= 4 is 0 Å². The molecule has 116 valence electrons. The molecule has 1 spiro atoms. The molecule has 3 fully saturated rings. The van der Waals surface area contributed by atoms with Gasteiger partial charge in [-0.05, 0) is 50.4 Å². The second-order valence-electron chi connectivity index (χ2n) is 7.40. The number of hydrogen-bond donors (Lipinski definition) is 1. The molecule has 3 aliphatic rings. The summed E-state index contributed by atoms with van der Waals surface area (Å²) in [6.07, 6.45) is 13.8. The van der Waals surface area contributed by atoms with E-state index in [1.807, 2.05) is 0 Å². The first-order chi connectivity index (χ1) is 9.76. The van der Waals surface area contributed by atoms with Crippen LogP contribution in [0.25, 0.3) is 0 Å². The molecule has 0 bridgehead atoms. The Morgan fingerprint density at radius 3 is 2.60 bits per heavy atom. The van der Waals surface area contributed by atoms with Gasteiger partial charge in [-0.3, -0.25) is 0 Å². The van der Waals surface area contributed by atoms with E-state index >= 15 is 0 Å². The molecule has 3 nitrogen and oxygen atoms in total. The van der Waals surface area contributed by atoms with E-state index in [-0.39, 0.29) is 5.60 Å². The molecule has 20 heavy (non-hydrogen) atoms. The largest absolute Gasteiger partial charge is 0.385 e. The van der Waals surface area contributed by atoms with Crippen LogP contribution in [0.2, 0.25) is 0 Å². The monoisotopic (exact) mass is 281 g/mol. The first-order valence-electron chi connectivity index (χ1n) is 8.64. The molecule has 1 saturated heterocycles. The molecule has 0 amide bonds. The molecule has 2 aliphatic carbocycles. The van der Waals surface area contributed by atoms with Crippen molar-refractivity contribution in [3.05, 3.63) is 0 Å². The summed E-state index contributed by atoms with van der Waals surface area (Å²) in [5.41, 5.74) is 0.828. The van der Waals surface area contributed by atoms with Crippen LogP contribution in [0.4, 0.5) is 0 Å². The smallest absolute Gasteiger partial charge is 0.0708 e. The van der Waals surface area contributed by atoms with Crippen molar-refractivity contribution < 1.29 is 9.47 Å². The van der Waals surface area contributed by atoms with E-state index in [9.17, 15) is 0 Å². The van der Waals surface area contributed by atoms with E-state index < -0.39 is 0 Å². The predicted octanol–water partition coefficient (Wildman–Crippen LogP) is 3.27. The Bertz CT molecular complexity index is 308. The lowest BCUT2D eigenvalue weighted by molar-refractivity contribution is -0.0625. The predicted molar refractivity (Wildman–Crippen MR) is 81.0 cm³/mol. The van der Waals surface area contributed by atoms with Crippen molar-refractivity contribution in [3.63, 3.8) is 0 Å². The van der Waals surface area contributed by atoms with Gasteiger partial charge >= 0.3 is 0 Å². The fourth-order valence-electron chi connectivity index (χ4n) is 4.11. The van der Waals surface area contributed by atoms with Crippen LogP contribution in [-0.4, -0.2) is 38.5 Å². The van der Waals surface area contributed by atoms with E-state index in [0.717, 1.165) is 19.7 Å². The zero-order chi connectivity index (χ0) is 13.9. The van der Waals surface area contributed by atoms with Gasteiger partial charge in [0, 0.05) is 26.8 Å². The number of hydrogen-bond acceptors (Lipinski definition) is 3. The average molecular weight is 281 g/mol. The van der Waals surface area contributed by atoms with Gasteiger partial charge in [-0.15, -0.1) is 0 Å². The maximum atomic E-state index is 6.42. The van der Waals surface area contributed by atoms with Crippen LogP contribution in [0, 0.1) is 5.41 Å². The second-order valence-corrected chi connectivity index (χ2v) is 7.40. The van der Waals surface area contributed by atoms with Crippen molar-refractivity contribution in [2.45, 2.75) is 75.9 Å². The highest BCUT2D eigenvalue weighted by molar-refractivity contribution is 4.96. The third-order valence-corrected chi connectivity index (χ3v) is 5.77. The van der Waals surface area contributed by atoms with Gasteiger partial charge in [0.1, 0.15) is 0 Å². The van der Waals surface area contributed by atoms with Gasteiger partial charge in [0.25, 0.3) is 0 Å². The molecular weight excluding hydrogens is 250 g/mol. The van der Waals surface area contributed by atoms with Gasteiger partial charge in [0.2, 0.25) is 0 Å². The summed E-state index contributed by atoms with van der Waals surface area (Å²) >= 11 is 0. The normalized spacial score (nSPS) is 30.8. The molecule has 3 heteroatoms. The van der Waals surface area contributed by atoms with Crippen molar-refractivity contribution in [1.29, 1.82) is 0 Å². The van der Waals surface area contributed by atoms with Crippen LogP contribution >= 0.6 is 0 Å². The van der Waals surface area contributed by atoms with E-state index in [1.165, 1.54) is 64.2 Å². The molecule has 1 N–H and O–H groups in total. The van der Waals surface area contributed by atoms with Gasteiger partial charge < -0.3 is 14.8 Å². The van der Waals surface area contributed by atoms with E-state index in [2.05, 4.69) is 5.32 Å². The minimum Gasteiger partial charge on any atom is -0.385 e. The molecule has 1 heterocycles. The lowest BCUT2D eigenvalue weighted by Crippen LogP contribution is -2.36. The molecule has 0 aromatic heterocycles. The third-order valence-electron chi connectivity index (χ3n) is 5.77. The SMILES string of the molecule is COCCC1(CNCC2CCC3(CCCCC3)O2)CC1. The summed E-state index contributed by atoms with van der Waals surface area (Å²) in [6, 6.07) is 0. The van der Waals surface area contributed by atoms with Crippen LogP contribution in [0.5, 0.6) is 0 Å². The summed E-state index contributed by atoms with van der Waals surface area (Å²) in [4.78, 5) is 0. The zero-order valence-corrected chi connectivity index (χ0v) is 13.1. The first kappa shape index (κ1) is 14.8. The molecule has 1 unspecified atom stereocenters. The molecule has 1 atom stereocenters. The van der Waals surface area contributed by atoms with Crippen molar-refractivity contribution in [2.24, 2.45) is 5.41 Å². The minimum atomic E-state index is 0.276. The zero-order valence-electron chi connectivity index (χ0n) is 13.1. The van der Waals surface area contributed by atoms with E-state index in [0.29, 0.717) is 11.5 Å². The van der Waals surface area contributed by atoms with E-state index in [1.54, 1.807) is 7.11 Å². The third kappa shape index (κ3) is 3.55. The molecule has 2 saturated carbocycles. The molecular formula is C17H31NO2. The quantitative estimate of drug-likeness (QED) is 0.777. The van der Waals surface area contributed by atoms with Crippen molar-refractivity contribution in [3.8, 4) is 0 Å². The summed E-state index contributed by atoms with van der Waals surface area (Å²) in [5, 5.41) is 3.68. The van der Waals surface area contributed by atoms with Crippen LogP contribution in [-0.2, 0) is 9.47 Å². The standard InChI is InChI=1S/C17H31NO2/c1-19-12-11-16(9-10-16)14-18-13-15-5-8-17(20-15)6-3-2-4-7-17/h15,18H,2-14H2,1H3. The van der Waals surface area contributed by atoms with Gasteiger partial charge in [-0.25, -0.2) is 0 Å². The highest BCUT2D eigenvalue weighted by Crippen LogP contribution is 2.48. The Balaban J connectivity index is 1.35. The highest BCUT2D eigenvalue weighted by Gasteiger charge is 2.43. The van der Waals surface area contributed by atoms with Crippen LogP contribution < -0.4 is 5.32 Å². The molecule has 3 rings (SSSR count). The summed E-state index contributed by atoms with van der Waals surface area (Å²) in [7, 11) is 1.81. The van der Waals surface area contributed by atoms with Crippen LogP contribution in [0.3, 0.4) is 0 Å². The van der Waals surface area contributed by atoms with Crippen molar-refractivity contribution in [1.82, 2.24) is 5.32 Å². The Kier molecular flexibility index (Phi) is 4.68. The Morgan fingerprint density at radius 1 is 1.10 bits per heavy atom.